The van der Waals surface area contributed by atoms with Crippen LogP contribution in [0.5, 0.6) is 0 Å². The van der Waals surface area contributed by atoms with E-state index in [4.69, 9.17) is 4.52 Å². The third kappa shape index (κ3) is 3.72. The lowest BCUT2D eigenvalue weighted by molar-refractivity contribution is -0.137. The molecule has 1 aliphatic heterocycles. The van der Waals surface area contributed by atoms with Crippen LogP contribution < -0.4 is 5.32 Å². The molecule has 0 amide bonds. The number of piperidine rings is 1. The van der Waals surface area contributed by atoms with Gasteiger partial charge in [-0.3, -0.25) is 0 Å². The van der Waals surface area contributed by atoms with Gasteiger partial charge in [-0.15, -0.1) is 0 Å². The van der Waals surface area contributed by atoms with E-state index < -0.39 is 17.3 Å². The standard InChI is InChI=1S/C18H21F3N2O2/c1-3-14-8-16(25-23-14)15-10-17(24,9-11(2)22-15)12-4-6-13(7-5-12)18(19,20)21/h4-8,11,15,22,24H,3,9-10H2,1-2H3/t11-,15-,17?/m0/s1. The highest BCUT2D eigenvalue weighted by Gasteiger charge is 2.41. The van der Waals surface area contributed by atoms with Crippen molar-refractivity contribution in [3.05, 3.63) is 52.9 Å². The summed E-state index contributed by atoms with van der Waals surface area (Å²) in [6.07, 6.45) is -2.93. The number of aliphatic hydroxyl groups is 1. The van der Waals surface area contributed by atoms with Gasteiger partial charge < -0.3 is 14.9 Å². The van der Waals surface area contributed by atoms with Crippen LogP contribution in [0, 0.1) is 0 Å². The zero-order valence-electron chi connectivity index (χ0n) is 14.1. The van der Waals surface area contributed by atoms with Crippen molar-refractivity contribution < 1.29 is 22.8 Å². The maximum absolute atomic E-state index is 12.7. The smallest absolute Gasteiger partial charge is 0.385 e. The van der Waals surface area contributed by atoms with E-state index in [-0.39, 0.29) is 12.1 Å². The number of nitrogens with zero attached hydrogens (tertiary/aromatic N) is 1. The highest BCUT2D eigenvalue weighted by Crippen LogP contribution is 2.41. The van der Waals surface area contributed by atoms with E-state index in [1.54, 1.807) is 0 Å². The number of hydrogen-bond donors (Lipinski definition) is 2. The molecule has 0 spiro atoms. The normalized spacial score (nSPS) is 27.4. The number of hydrogen-bond acceptors (Lipinski definition) is 4. The molecule has 136 valence electrons. The number of alkyl halides is 3. The van der Waals surface area contributed by atoms with Crippen LogP contribution in [0.3, 0.4) is 0 Å². The predicted molar refractivity (Wildman–Crippen MR) is 85.8 cm³/mol. The van der Waals surface area contributed by atoms with Gasteiger partial charge in [0.05, 0.1) is 22.9 Å². The number of rotatable bonds is 3. The average Bonchev–Trinajstić information content (AvgIpc) is 3.02. The molecule has 1 fully saturated rings. The largest absolute Gasteiger partial charge is 0.416 e. The van der Waals surface area contributed by atoms with E-state index >= 15 is 0 Å². The second-order valence-corrected chi connectivity index (χ2v) is 6.71. The zero-order valence-corrected chi connectivity index (χ0v) is 14.1. The summed E-state index contributed by atoms with van der Waals surface area (Å²) in [6.45, 7) is 3.90. The molecule has 3 rings (SSSR count). The van der Waals surface area contributed by atoms with E-state index in [2.05, 4.69) is 10.5 Å². The van der Waals surface area contributed by atoms with Crippen molar-refractivity contribution in [1.82, 2.24) is 10.5 Å². The molecule has 1 aromatic carbocycles. The molecule has 2 aromatic rings. The van der Waals surface area contributed by atoms with Gasteiger partial charge in [-0.1, -0.05) is 24.2 Å². The third-order valence-corrected chi connectivity index (χ3v) is 4.70. The van der Waals surface area contributed by atoms with Crippen LogP contribution in [-0.2, 0) is 18.2 Å². The molecule has 7 heteroatoms. The second-order valence-electron chi connectivity index (χ2n) is 6.71. The molecule has 1 aliphatic rings. The van der Waals surface area contributed by atoms with Crippen molar-refractivity contribution in [2.24, 2.45) is 0 Å². The summed E-state index contributed by atoms with van der Waals surface area (Å²) in [5.41, 5.74) is -0.637. The van der Waals surface area contributed by atoms with Crippen LogP contribution in [0.2, 0.25) is 0 Å². The molecule has 1 unspecified atom stereocenters. The highest BCUT2D eigenvalue weighted by atomic mass is 19.4. The molecular formula is C18H21F3N2O2. The van der Waals surface area contributed by atoms with Crippen LogP contribution in [0.25, 0.3) is 0 Å². The van der Waals surface area contributed by atoms with E-state index in [9.17, 15) is 18.3 Å². The molecule has 1 aromatic heterocycles. The molecule has 25 heavy (non-hydrogen) atoms. The molecule has 4 nitrogen and oxygen atoms in total. The predicted octanol–water partition coefficient (Wildman–Crippen LogP) is 3.96. The number of halogens is 3. The van der Waals surface area contributed by atoms with Crippen molar-refractivity contribution >= 4 is 0 Å². The quantitative estimate of drug-likeness (QED) is 0.876. The summed E-state index contributed by atoms with van der Waals surface area (Å²) < 4.78 is 43.6. The molecule has 0 radical (unpaired) electrons. The van der Waals surface area contributed by atoms with Crippen LogP contribution in [0.4, 0.5) is 13.2 Å². The number of nitrogens with one attached hydrogen (secondary N) is 1. The molecule has 3 atom stereocenters. The van der Waals surface area contributed by atoms with Crippen molar-refractivity contribution in [3.8, 4) is 0 Å². The monoisotopic (exact) mass is 354 g/mol. The molecular weight excluding hydrogens is 333 g/mol. The summed E-state index contributed by atoms with van der Waals surface area (Å²) in [5.74, 6) is 0.633. The van der Waals surface area contributed by atoms with Crippen LogP contribution in [0.15, 0.2) is 34.9 Å². The fourth-order valence-electron chi connectivity index (χ4n) is 3.44. The first-order valence-electron chi connectivity index (χ1n) is 8.33. The van der Waals surface area contributed by atoms with E-state index in [0.717, 1.165) is 24.2 Å². The fraction of sp³-hybridized carbons (Fsp3) is 0.500. The van der Waals surface area contributed by atoms with Crippen molar-refractivity contribution in [2.75, 3.05) is 0 Å². The van der Waals surface area contributed by atoms with Gasteiger partial charge in [0.15, 0.2) is 5.76 Å². The minimum absolute atomic E-state index is 0.0266. The fourth-order valence-corrected chi connectivity index (χ4v) is 3.44. The first kappa shape index (κ1) is 17.9. The Balaban J connectivity index is 1.86. The molecule has 2 N–H and O–H groups in total. The Hall–Kier alpha value is -1.86. The van der Waals surface area contributed by atoms with Gasteiger partial charge in [-0.05, 0) is 37.5 Å². The van der Waals surface area contributed by atoms with Crippen molar-refractivity contribution in [1.29, 1.82) is 0 Å². The maximum Gasteiger partial charge on any atom is 0.416 e. The Bertz CT molecular complexity index is 727. The van der Waals surface area contributed by atoms with E-state index in [1.807, 2.05) is 19.9 Å². The van der Waals surface area contributed by atoms with Crippen LogP contribution in [-0.4, -0.2) is 16.3 Å². The number of aromatic nitrogens is 1. The Morgan fingerprint density at radius 1 is 1.28 bits per heavy atom. The van der Waals surface area contributed by atoms with E-state index in [0.29, 0.717) is 24.2 Å². The summed E-state index contributed by atoms with van der Waals surface area (Å²) in [5, 5.41) is 18.4. The summed E-state index contributed by atoms with van der Waals surface area (Å²) in [6, 6.07) is 6.32. The summed E-state index contributed by atoms with van der Waals surface area (Å²) in [7, 11) is 0. The van der Waals surface area contributed by atoms with Crippen LogP contribution >= 0.6 is 0 Å². The molecule has 0 saturated carbocycles. The summed E-state index contributed by atoms with van der Waals surface area (Å²) in [4.78, 5) is 0. The number of benzene rings is 1. The van der Waals surface area contributed by atoms with Crippen molar-refractivity contribution in [2.45, 2.75) is 57.0 Å². The lowest BCUT2D eigenvalue weighted by Crippen LogP contribution is -2.46. The topological polar surface area (TPSA) is 58.3 Å². The molecule has 0 aliphatic carbocycles. The summed E-state index contributed by atoms with van der Waals surface area (Å²) >= 11 is 0. The average molecular weight is 354 g/mol. The number of aryl methyl sites for hydroxylation is 1. The second kappa shape index (κ2) is 6.46. The third-order valence-electron chi connectivity index (χ3n) is 4.70. The van der Waals surface area contributed by atoms with Gasteiger partial charge in [0.2, 0.25) is 0 Å². The first-order chi connectivity index (χ1) is 11.7. The Labute approximate surface area is 144 Å². The molecule has 0 bridgehead atoms. The van der Waals surface area contributed by atoms with Crippen LogP contribution in [0.1, 0.15) is 55.3 Å². The zero-order chi connectivity index (χ0) is 18.2. The Morgan fingerprint density at radius 2 is 1.96 bits per heavy atom. The van der Waals surface area contributed by atoms with Gasteiger partial charge in [-0.25, -0.2) is 0 Å². The SMILES string of the molecule is CCc1cc([C@@H]2CC(O)(c3ccc(C(F)(F)F)cc3)C[C@H](C)N2)on1. The van der Waals surface area contributed by atoms with Gasteiger partial charge in [-0.2, -0.15) is 13.2 Å². The lowest BCUT2D eigenvalue weighted by atomic mass is 9.78. The molecule has 2 heterocycles. The van der Waals surface area contributed by atoms with E-state index in [1.165, 1.54) is 12.1 Å². The Kier molecular flexibility index (Phi) is 4.64. The van der Waals surface area contributed by atoms with Gasteiger partial charge >= 0.3 is 6.18 Å². The Morgan fingerprint density at radius 3 is 2.52 bits per heavy atom. The highest BCUT2D eigenvalue weighted by molar-refractivity contribution is 5.30. The van der Waals surface area contributed by atoms with Gasteiger partial charge in [0.25, 0.3) is 0 Å². The van der Waals surface area contributed by atoms with Crippen molar-refractivity contribution in [3.63, 3.8) is 0 Å². The maximum atomic E-state index is 12.7. The van der Waals surface area contributed by atoms with Gasteiger partial charge in [0.1, 0.15) is 0 Å². The minimum atomic E-state index is -4.39. The lowest BCUT2D eigenvalue weighted by Gasteiger charge is -2.40. The minimum Gasteiger partial charge on any atom is -0.385 e. The molecule has 1 saturated heterocycles. The first-order valence-corrected chi connectivity index (χ1v) is 8.33. The van der Waals surface area contributed by atoms with Gasteiger partial charge in [0, 0.05) is 18.5 Å².